The lowest BCUT2D eigenvalue weighted by Crippen LogP contribution is -2.40. The van der Waals surface area contributed by atoms with Crippen molar-refractivity contribution in [2.75, 3.05) is 24.8 Å². The quantitative estimate of drug-likeness (QED) is 0.779. The van der Waals surface area contributed by atoms with Crippen LogP contribution in [-0.2, 0) is 20.6 Å². The molecule has 0 radical (unpaired) electrons. The van der Waals surface area contributed by atoms with Crippen LogP contribution in [-0.4, -0.2) is 48.7 Å². The molecule has 0 aromatic rings. The predicted octanol–water partition coefficient (Wildman–Crippen LogP) is 0.310. The van der Waals surface area contributed by atoms with Crippen LogP contribution < -0.4 is 5.32 Å². The molecule has 0 saturated heterocycles. The van der Waals surface area contributed by atoms with E-state index >= 15 is 0 Å². The molecule has 1 rings (SSSR count). The summed E-state index contributed by atoms with van der Waals surface area (Å²) in [7, 11) is -3.68. The van der Waals surface area contributed by atoms with E-state index in [0.717, 1.165) is 19.3 Å². The Labute approximate surface area is 101 Å². The molecule has 0 aromatic carbocycles. The molecular formula is C10H21NO3S2. The minimum absolute atomic E-state index is 0.189. The monoisotopic (exact) mass is 267 g/mol. The molecule has 6 heteroatoms. The van der Waals surface area contributed by atoms with Crippen molar-refractivity contribution in [1.29, 1.82) is 0 Å². The van der Waals surface area contributed by atoms with Gasteiger partial charge in [-0.25, -0.2) is 8.42 Å². The van der Waals surface area contributed by atoms with Gasteiger partial charge < -0.3 is 5.32 Å². The standard InChI is InChI=1S/C10H21NO3S2/c1-15(12)7-6-11-9-4-3-5-10(8-9)16(2,13)14/h9-11H,3-8H2,1-2H3. The van der Waals surface area contributed by atoms with Crippen LogP contribution in [0.5, 0.6) is 0 Å². The Morgan fingerprint density at radius 3 is 2.62 bits per heavy atom. The number of rotatable bonds is 5. The normalized spacial score (nSPS) is 28.9. The molecule has 0 spiro atoms. The van der Waals surface area contributed by atoms with E-state index in [1.807, 2.05) is 0 Å². The van der Waals surface area contributed by atoms with Crippen molar-refractivity contribution in [2.24, 2.45) is 0 Å². The van der Waals surface area contributed by atoms with E-state index in [2.05, 4.69) is 5.32 Å². The summed E-state index contributed by atoms with van der Waals surface area (Å²) in [5.74, 6) is 0.639. The Morgan fingerprint density at radius 1 is 1.38 bits per heavy atom. The van der Waals surface area contributed by atoms with Crippen molar-refractivity contribution in [1.82, 2.24) is 5.32 Å². The van der Waals surface area contributed by atoms with Crippen LogP contribution in [0.25, 0.3) is 0 Å². The molecule has 0 bridgehead atoms. The van der Waals surface area contributed by atoms with Crippen LogP contribution in [0.15, 0.2) is 0 Å². The molecule has 1 N–H and O–H groups in total. The maximum Gasteiger partial charge on any atom is 0.150 e. The molecule has 96 valence electrons. The summed E-state index contributed by atoms with van der Waals surface area (Å²) in [5.41, 5.74) is 0. The van der Waals surface area contributed by atoms with E-state index in [9.17, 15) is 12.6 Å². The number of hydrogen-bond donors (Lipinski definition) is 1. The fourth-order valence-electron chi connectivity index (χ4n) is 2.13. The second-order valence-corrected chi connectivity index (χ2v) is 8.43. The first kappa shape index (κ1) is 14.1. The van der Waals surface area contributed by atoms with Crippen LogP contribution in [0.1, 0.15) is 25.7 Å². The van der Waals surface area contributed by atoms with E-state index in [-0.39, 0.29) is 11.3 Å². The van der Waals surface area contributed by atoms with Crippen molar-refractivity contribution in [3.63, 3.8) is 0 Å². The highest BCUT2D eigenvalue weighted by Crippen LogP contribution is 2.23. The molecule has 3 unspecified atom stereocenters. The largest absolute Gasteiger partial charge is 0.313 e. The van der Waals surface area contributed by atoms with E-state index < -0.39 is 20.6 Å². The van der Waals surface area contributed by atoms with Gasteiger partial charge in [0.25, 0.3) is 0 Å². The highest BCUT2D eigenvalue weighted by Gasteiger charge is 2.28. The van der Waals surface area contributed by atoms with E-state index in [4.69, 9.17) is 0 Å². The molecule has 1 saturated carbocycles. The van der Waals surface area contributed by atoms with E-state index in [1.54, 1.807) is 6.26 Å². The second-order valence-electron chi connectivity index (χ2n) is 4.55. The Kier molecular flexibility index (Phi) is 5.40. The van der Waals surface area contributed by atoms with Gasteiger partial charge in [-0.3, -0.25) is 4.21 Å². The predicted molar refractivity (Wildman–Crippen MR) is 67.8 cm³/mol. The third-order valence-corrected chi connectivity index (χ3v) is 5.47. The summed E-state index contributed by atoms with van der Waals surface area (Å²) >= 11 is 0. The molecule has 1 aliphatic carbocycles. The highest BCUT2D eigenvalue weighted by atomic mass is 32.2. The fraction of sp³-hybridized carbons (Fsp3) is 1.00. The van der Waals surface area contributed by atoms with Gasteiger partial charge in [0, 0.05) is 41.7 Å². The van der Waals surface area contributed by atoms with Gasteiger partial charge in [0.1, 0.15) is 9.84 Å². The first-order valence-corrected chi connectivity index (χ1v) is 9.30. The van der Waals surface area contributed by atoms with Crippen LogP contribution in [0.3, 0.4) is 0 Å². The first-order valence-electron chi connectivity index (χ1n) is 5.62. The van der Waals surface area contributed by atoms with Crippen LogP contribution in [0.2, 0.25) is 0 Å². The van der Waals surface area contributed by atoms with Gasteiger partial charge in [-0.15, -0.1) is 0 Å². The highest BCUT2D eigenvalue weighted by molar-refractivity contribution is 7.91. The lowest BCUT2D eigenvalue weighted by atomic mass is 9.95. The molecule has 3 atom stereocenters. The van der Waals surface area contributed by atoms with Crippen molar-refractivity contribution < 1.29 is 12.6 Å². The first-order chi connectivity index (χ1) is 7.39. The zero-order chi connectivity index (χ0) is 12.2. The summed E-state index contributed by atoms with van der Waals surface area (Å²) in [4.78, 5) is 0. The molecule has 0 amide bonds. The minimum Gasteiger partial charge on any atom is -0.313 e. The Hall–Kier alpha value is 0.0600. The van der Waals surface area contributed by atoms with Gasteiger partial charge in [0.2, 0.25) is 0 Å². The van der Waals surface area contributed by atoms with Crippen LogP contribution in [0, 0.1) is 0 Å². The SMILES string of the molecule is CS(=O)CCNC1CCCC(S(C)(=O)=O)C1. The fourth-order valence-corrected chi connectivity index (χ4v) is 3.71. The van der Waals surface area contributed by atoms with E-state index in [1.165, 1.54) is 6.26 Å². The average molecular weight is 267 g/mol. The van der Waals surface area contributed by atoms with Gasteiger partial charge in [-0.2, -0.15) is 0 Å². The number of nitrogens with one attached hydrogen (secondary N) is 1. The molecular weight excluding hydrogens is 246 g/mol. The van der Waals surface area contributed by atoms with Gasteiger partial charge >= 0.3 is 0 Å². The molecule has 0 heterocycles. The topological polar surface area (TPSA) is 63.2 Å². The van der Waals surface area contributed by atoms with Crippen molar-refractivity contribution in [3.05, 3.63) is 0 Å². The van der Waals surface area contributed by atoms with Crippen molar-refractivity contribution in [2.45, 2.75) is 37.0 Å². The van der Waals surface area contributed by atoms with Crippen molar-refractivity contribution >= 4 is 20.6 Å². The third kappa shape index (κ3) is 4.93. The molecule has 1 fully saturated rings. The van der Waals surface area contributed by atoms with E-state index in [0.29, 0.717) is 18.7 Å². The summed E-state index contributed by atoms with van der Waals surface area (Å²) < 4.78 is 33.8. The Balaban J connectivity index is 2.36. The summed E-state index contributed by atoms with van der Waals surface area (Å²) in [6, 6.07) is 0.275. The maximum absolute atomic E-state index is 11.4. The summed E-state index contributed by atoms with van der Waals surface area (Å²) in [6.45, 7) is 0.713. The van der Waals surface area contributed by atoms with Gasteiger partial charge in [-0.1, -0.05) is 6.42 Å². The molecule has 0 aliphatic heterocycles. The van der Waals surface area contributed by atoms with Gasteiger partial charge in [0.15, 0.2) is 0 Å². The zero-order valence-corrected chi connectivity index (χ0v) is 11.6. The van der Waals surface area contributed by atoms with Crippen molar-refractivity contribution in [3.8, 4) is 0 Å². The second kappa shape index (κ2) is 6.12. The number of hydrogen-bond acceptors (Lipinski definition) is 4. The molecule has 16 heavy (non-hydrogen) atoms. The molecule has 4 nitrogen and oxygen atoms in total. The lowest BCUT2D eigenvalue weighted by molar-refractivity contribution is 0.379. The summed E-state index contributed by atoms with van der Waals surface area (Å²) in [6.07, 6.45) is 6.49. The smallest absolute Gasteiger partial charge is 0.150 e. The summed E-state index contributed by atoms with van der Waals surface area (Å²) in [5, 5.41) is 3.11. The maximum atomic E-state index is 11.4. The Bertz CT molecular complexity index is 340. The number of sulfone groups is 1. The van der Waals surface area contributed by atoms with Crippen LogP contribution in [0.4, 0.5) is 0 Å². The average Bonchev–Trinajstić information content (AvgIpc) is 2.16. The zero-order valence-electron chi connectivity index (χ0n) is 9.94. The van der Waals surface area contributed by atoms with Gasteiger partial charge in [-0.05, 0) is 19.3 Å². The third-order valence-electron chi connectivity index (χ3n) is 3.05. The molecule has 0 aromatic heterocycles. The van der Waals surface area contributed by atoms with Crippen LogP contribution >= 0.6 is 0 Å². The lowest BCUT2D eigenvalue weighted by Gasteiger charge is -2.28. The Morgan fingerprint density at radius 2 is 2.06 bits per heavy atom. The van der Waals surface area contributed by atoms with Gasteiger partial charge in [0.05, 0.1) is 5.25 Å². The molecule has 1 aliphatic rings. The minimum atomic E-state index is -2.90.